The first-order valence-electron chi connectivity index (χ1n) is 6.60. The minimum Gasteiger partial charge on any atom is -0.461 e. The standard InChI is InChI=1S/C12H22O9P2/c1-10(5-4-6-11(2)9-19-12(3)13)7-8-20-23(17,18)21-22(14,15)16/h6-7H,4-5,8-9H2,1-3H3,(H,17,18)(H2,14,15,16)/b10-7+,11-6+. The molecule has 0 spiro atoms. The average molecular weight is 372 g/mol. The number of hydrogen-bond acceptors (Lipinski definition) is 6. The molecule has 1 unspecified atom stereocenters. The van der Waals surface area contributed by atoms with E-state index in [0.717, 1.165) is 11.1 Å². The highest BCUT2D eigenvalue weighted by Crippen LogP contribution is 2.57. The molecule has 0 radical (unpaired) electrons. The van der Waals surface area contributed by atoms with E-state index in [-0.39, 0.29) is 19.2 Å². The van der Waals surface area contributed by atoms with Gasteiger partial charge in [0.1, 0.15) is 6.61 Å². The SMILES string of the molecule is CC(=O)OC/C(C)=C/CC/C(C)=C/COP(=O)(O)OP(=O)(O)O. The largest absolute Gasteiger partial charge is 0.481 e. The molecule has 9 nitrogen and oxygen atoms in total. The normalized spacial score (nSPS) is 16.1. The monoisotopic (exact) mass is 372 g/mol. The number of carbonyl (C=O) groups is 1. The minimum absolute atomic E-state index is 0.231. The highest BCUT2D eigenvalue weighted by molar-refractivity contribution is 7.60. The van der Waals surface area contributed by atoms with Crippen LogP contribution in [0.4, 0.5) is 0 Å². The Morgan fingerprint density at radius 1 is 1.04 bits per heavy atom. The summed E-state index contributed by atoms with van der Waals surface area (Å²) in [5.74, 6) is -0.350. The minimum atomic E-state index is -5.10. The van der Waals surface area contributed by atoms with Crippen LogP contribution in [-0.4, -0.2) is 33.9 Å². The van der Waals surface area contributed by atoms with Crippen molar-refractivity contribution in [3.05, 3.63) is 23.3 Å². The van der Waals surface area contributed by atoms with Gasteiger partial charge in [0, 0.05) is 6.92 Å². The molecule has 0 aliphatic heterocycles. The van der Waals surface area contributed by atoms with Crippen molar-refractivity contribution >= 4 is 21.6 Å². The van der Waals surface area contributed by atoms with Crippen LogP contribution in [-0.2, 0) is 27.5 Å². The Morgan fingerprint density at radius 2 is 1.65 bits per heavy atom. The smallest absolute Gasteiger partial charge is 0.461 e. The van der Waals surface area contributed by atoms with Crippen molar-refractivity contribution < 1.29 is 42.2 Å². The first-order chi connectivity index (χ1) is 10.4. The third-order valence-corrected chi connectivity index (χ3v) is 4.57. The summed E-state index contributed by atoms with van der Waals surface area (Å²) >= 11 is 0. The summed E-state index contributed by atoms with van der Waals surface area (Å²) in [7, 11) is -9.89. The van der Waals surface area contributed by atoms with E-state index in [0.29, 0.717) is 12.8 Å². The van der Waals surface area contributed by atoms with Gasteiger partial charge in [-0.2, -0.15) is 4.31 Å². The Bertz CT molecular complexity index is 547. The van der Waals surface area contributed by atoms with Crippen molar-refractivity contribution in [2.45, 2.75) is 33.6 Å². The molecule has 134 valence electrons. The zero-order valence-corrected chi connectivity index (χ0v) is 15.0. The molecule has 0 rings (SSSR count). The van der Waals surface area contributed by atoms with Crippen LogP contribution in [0.3, 0.4) is 0 Å². The molecule has 3 N–H and O–H groups in total. The van der Waals surface area contributed by atoms with Gasteiger partial charge in [-0.15, -0.1) is 0 Å². The predicted octanol–water partition coefficient (Wildman–Crippen LogP) is 2.45. The van der Waals surface area contributed by atoms with Crippen LogP contribution in [0.25, 0.3) is 0 Å². The molecular weight excluding hydrogens is 350 g/mol. The van der Waals surface area contributed by atoms with Crippen molar-refractivity contribution in [1.82, 2.24) is 0 Å². The summed E-state index contributed by atoms with van der Waals surface area (Å²) in [6, 6.07) is 0. The van der Waals surface area contributed by atoms with Crippen molar-refractivity contribution in [1.29, 1.82) is 0 Å². The lowest BCUT2D eigenvalue weighted by molar-refractivity contribution is -0.139. The molecular formula is C12H22O9P2. The lowest BCUT2D eigenvalue weighted by Crippen LogP contribution is -2.01. The fraction of sp³-hybridized carbons (Fsp3) is 0.583. The van der Waals surface area contributed by atoms with Gasteiger partial charge in [-0.05, 0) is 32.3 Å². The van der Waals surface area contributed by atoms with Gasteiger partial charge in [-0.3, -0.25) is 9.32 Å². The summed E-state index contributed by atoms with van der Waals surface area (Å²) < 4.78 is 34.5. The summed E-state index contributed by atoms with van der Waals surface area (Å²) in [4.78, 5) is 36.6. The Labute approximate surface area is 134 Å². The maximum Gasteiger partial charge on any atom is 0.481 e. The quantitative estimate of drug-likeness (QED) is 0.300. The first-order valence-corrected chi connectivity index (χ1v) is 9.63. The van der Waals surface area contributed by atoms with Crippen LogP contribution in [0.1, 0.15) is 33.6 Å². The topological polar surface area (TPSA) is 140 Å². The van der Waals surface area contributed by atoms with Crippen LogP contribution in [0.5, 0.6) is 0 Å². The Balaban J connectivity index is 4.18. The number of phosphoric acid groups is 2. The van der Waals surface area contributed by atoms with E-state index in [4.69, 9.17) is 19.4 Å². The molecule has 1 atom stereocenters. The molecule has 0 aromatic heterocycles. The van der Waals surface area contributed by atoms with E-state index in [1.165, 1.54) is 13.0 Å². The van der Waals surface area contributed by atoms with Gasteiger partial charge < -0.3 is 19.4 Å². The summed E-state index contributed by atoms with van der Waals surface area (Å²) in [6.07, 6.45) is 4.71. The van der Waals surface area contributed by atoms with E-state index >= 15 is 0 Å². The van der Waals surface area contributed by atoms with Gasteiger partial charge in [0.2, 0.25) is 0 Å². The summed E-state index contributed by atoms with van der Waals surface area (Å²) in [6.45, 7) is 4.83. The highest BCUT2D eigenvalue weighted by Gasteiger charge is 2.31. The fourth-order valence-corrected chi connectivity index (χ4v) is 2.88. The number of hydrogen-bond donors (Lipinski definition) is 3. The van der Waals surface area contributed by atoms with E-state index < -0.39 is 15.6 Å². The number of esters is 1. The van der Waals surface area contributed by atoms with Crippen LogP contribution in [0, 0.1) is 0 Å². The first kappa shape index (κ1) is 22.2. The fourth-order valence-electron chi connectivity index (χ4n) is 1.35. The second-order valence-electron chi connectivity index (χ2n) is 4.76. The molecule has 11 heteroatoms. The third kappa shape index (κ3) is 14.5. The number of rotatable bonds is 10. The summed E-state index contributed by atoms with van der Waals surface area (Å²) in [5.41, 5.74) is 1.75. The van der Waals surface area contributed by atoms with Crippen LogP contribution >= 0.6 is 15.6 Å². The molecule has 0 aliphatic carbocycles. The Kier molecular flexibility index (Phi) is 9.80. The molecule has 0 heterocycles. The van der Waals surface area contributed by atoms with Gasteiger partial charge in [0.05, 0.1) is 6.61 Å². The van der Waals surface area contributed by atoms with Crippen molar-refractivity contribution in [2.75, 3.05) is 13.2 Å². The molecule has 0 saturated heterocycles. The molecule has 0 amide bonds. The van der Waals surface area contributed by atoms with Gasteiger partial charge in [-0.1, -0.05) is 17.7 Å². The van der Waals surface area contributed by atoms with E-state index in [1.54, 1.807) is 6.92 Å². The Morgan fingerprint density at radius 3 is 2.17 bits per heavy atom. The molecule has 0 saturated carbocycles. The zero-order chi connectivity index (χ0) is 18.1. The maximum atomic E-state index is 11.2. The van der Waals surface area contributed by atoms with Gasteiger partial charge in [0.15, 0.2) is 0 Å². The second-order valence-corrected chi connectivity index (χ2v) is 7.59. The molecule has 0 aliphatic rings. The molecule has 0 aromatic carbocycles. The van der Waals surface area contributed by atoms with Gasteiger partial charge in [0.25, 0.3) is 0 Å². The lowest BCUT2D eigenvalue weighted by Gasteiger charge is -2.11. The van der Waals surface area contributed by atoms with Crippen LogP contribution in [0.2, 0.25) is 0 Å². The van der Waals surface area contributed by atoms with E-state index in [2.05, 4.69) is 8.83 Å². The van der Waals surface area contributed by atoms with E-state index in [1.807, 2.05) is 13.0 Å². The maximum absolute atomic E-state index is 11.2. The number of ether oxygens (including phenoxy) is 1. The number of carbonyl (C=O) groups excluding carboxylic acids is 1. The average Bonchev–Trinajstić information content (AvgIpc) is 2.33. The Hall–Kier alpha value is -0.790. The van der Waals surface area contributed by atoms with Gasteiger partial charge in [-0.25, -0.2) is 9.13 Å². The van der Waals surface area contributed by atoms with Crippen LogP contribution < -0.4 is 0 Å². The molecule has 23 heavy (non-hydrogen) atoms. The molecule has 0 bridgehead atoms. The van der Waals surface area contributed by atoms with E-state index in [9.17, 15) is 13.9 Å². The third-order valence-electron chi connectivity index (χ3n) is 2.41. The lowest BCUT2D eigenvalue weighted by atomic mass is 10.1. The summed E-state index contributed by atoms with van der Waals surface area (Å²) in [5, 5.41) is 0. The van der Waals surface area contributed by atoms with Crippen LogP contribution in [0.15, 0.2) is 23.3 Å². The van der Waals surface area contributed by atoms with Crippen molar-refractivity contribution in [3.8, 4) is 0 Å². The number of phosphoric ester groups is 1. The van der Waals surface area contributed by atoms with Gasteiger partial charge >= 0.3 is 21.6 Å². The predicted molar refractivity (Wildman–Crippen MR) is 82.3 cm³/mol. The molecule has 0 aromatic rings. The zero-order valence-electron chi connectivity index (χ0n) is 13.2. The highest BCUT2D eigenvalue weighted by atomic mass is 31.3. The second kappa shape index (κ2) is 10.2. The van der Waals surface area contributed by atoms with Crippen molar-refractivity contribution in [2.24, 2.45) is 0 Å². The number of allylic oxidation sites excluding steroid dienone is 2. The van der Waals surface area contributed by atoms with Crippen molar-refractivity contribution in [3.63, 3.8) is 0 Å². The molecule has 0 fully saturated rings.